The van der Waals surface area contributed by atoms with Crippen LogP contribution in [0.3, 0.4) is 0 Å². The summed E-state index contributed by atoms with van der Waals surface area (Å²) in [5.74, 6) is -0.276. The lowest BCUT2D eigenvalue weighted by molar-refractivity contribution is 0.114. The van der Waals surface area contributed by atoms with Crippen LogP contribution in [0, 0.1) is 24.6 Å². The third-order valence-electron chi connectivity index (χ3n) is 4.14. The molecule has 142 valence electrons. The van der Waals surface area contributed by atoms with E-state index in [1.165, 1.54) is 25.4 Å². The minimum atomic E-state index is -2.80. The average Bonchev–Trinajstić information content (AvgIpc) is 2.57. The summed E-state index contributed by atoms with van der Waals surface area (Å²) in [5.41, 5.74) is 6.02. The van der Waals surface area contributed by atoms with Crippen molar-refractivity contribution in [1.29, 1.82) is 0 Å². The van der Waals surface area contributed by atoms with Crippen molar-refractivity contribution in [2.24, 2.45) is 17.6 Å². The van der Waals surface area contributed by atoms with Crippen LogP contribution in [-0.4, -0.2) is 16.2 Å². The zero-order valence-corrected chi connectivity index (χ0v) is 15.3. The molecule has 0 aliphatic heterocycles. The number of halogens is 3. The average molecular weight is 367 g/mol. The van der Waals surface area contributed by atoms with Gasteiger partial charge in [0, 0.05) is 17.7 Å². The molecule has 0 aliphatic carbocycles. The van der Waals surface area contributed by atoms with Crippen LogP contribution in [0.25, 0.3) is 11.3 Å². The predicted octanol–water partition coefficient (Wildman–Crippen LogP) is 4.87. The Bertz CT molecular complexity index is 753. The molecule has 26 heavy (non-hydrogen) atoms. The number of aromatic nitrogens is 2. The molecule has 7 heteroatoms. The third kappa shape index (κ3) is 4.72. The van der Waals surface area contributed by atoms with Gasteiger partial charge >= 0.3 is 0 Å². The van der Waals surface area contributed by atoms with Gasteiger partial charge in [0.2, 0.25) is 0 Å². The molecule has 2 aromatic heterocycles. The fourth-order valence-electron chi connectivity index (χ4n) is 2.76. The molecular weight excluding hydrogens is 343 g/mol. The standard InChI is InChI=1S/C19H24F3N3O/c1-10(2)7-11(3)19(23)26-16-9-25-15(8-14(16)18(21)22)13-5-6-24-12(4)17(13)20/h5-6,8-11,18-19H,7,23H2,1-4H3/t11?,19-/m1/s1. The van der Waals surface area contributed by atoms with Gasteiger partial charge in [-0.05, 0) is 31.4 Å². The Morgan fingerprint density at radius 1 is 1.19 bits per heavy atom. The Labute approximate surface area is 151 Å². The molecule has 2 rings (SSSR count). The van der Waals surface area contributed by atoms with Crippen molar-refractivity contribution in [3.05, 3.63) is 41.6 Å². The van der Waals surface area contributed by atoms with E-state index in [2.05, 4.69) is 23.8 Å². The Morgan fingerprint density at radius 3 is 2.50 bits per heavy atom. The van der Waals surface area contributed by atoms with Crippen molar-refractivity contribution >= 4 is 0 Å². The van der Waals surface area contributed by atoms with Crippen molar-refractivity contribution in [1.82, 2.24) is 9.97 Å². The van der Waals surface area contributed by atoms with E-state index in [9.17, 15) is 13.2 Å². The van der Waals surface area contributed by atoms with Gasteiger partial charge in [-0.15, -0.1) is 0 Å². The molecule has 0 amide bonds. The first kappa shape index (κ1) is 20.2. The van der Waals surface area contributed by atoms with Crippen LogP contribution in [0.4, 0.5) is 13.2 Å². The molecule has 0 saturated heterocycles. The number of hydrogen-bond acceptors (Lipinski definition) is 4. The topological polar surface area (TPSA) is 61.0 Å². The van der Waals surface area contributed by atoms with Gasteiger partial charge in [0.05, 0.1) is 23.1 Å². The molecule has 2 aromatic rings. The highest BCUT2D eigenvalue weighted by Gasteiger charge is 2.22. The van der Waals surface area contributed by atoms with Crippen LogP contribution in [0.1, 0.15) is 44.9 Å². The van der Waals surface area contributed by atoms with E-state index in [1.807, 2.05) is 6.92 Å². The second-order valence-electron chi connectivity index (χ2n) is 6.86. The lowest BCUT2D eigenvalue weighted by Gasteiger charge is -2.24. The van der Waals surface area contributed by atoms with Crippen LogP contribution in [0.15, 0.2) is 24.5 Å². The lowest BCUT2D eigenvalue weighted by atomic mass is 9.97. The summed E-state index contributed by atoms with van der Waals surface area (Å²) in [6.45, 7) is 7.51. The van der Waals surface area contributed by atoms with Gasteiger partial charge in [-0.3, -0.25) is 15.7 Å². The molecular formula is C19H24F3N3O. The Kier molecular flexibility index (Phi) is 6.58. The van der Waals surface area contributed by atoms with Gasteiger partial charge in [-0.2, -0.15) is 0 Å². The molecule has 2 heterocycles. The molecule has 4 nitrogen and oxygen atoms in total. The normalized spacial score (nSPS) is 13.9. The van der Waals surface area contributed by atoms with Crippen molar-refractivity contribution < 1.29 is 17.9 Å². The van der Waals surface area contributed by atoms with E-state index in [4.69, 9.17) is 10.5 Å². The summed E-state index contributed by atoms with van der Waals surface area (Å²) in [6.07, 6.45) is -0.148. The van der Waals surface area contributed by atoms with Crippen LogP contribution in [0.2, 0.25) is 0 Å². The monoisotopic (exact) mass is 367 g/mol. The largest absolute Gasteiger partial charge is 0.473 e. The summed E-state index contributed by atoms with van der Waals surface area (Å²) in [6, 6.07) is 2.54. The van der Waals surface area contributed by atoms with Gasteiger partial charge in [-0.1, -0.05) is 20.8 Å². The first-order valence-corrected chi connectivity index (χ1v) is 8.52. The van der Waals surface area contributed by atoms with E-state index >= 15 is 0 Å². The Hall–Kier alpha value is -2.15. The minimum Gasteiger partial charge on any atom is -0.473 e. The highest BCUT2D eigenvalue weighted by atomic mass is 19.3. The van der Waals surface area contributed by atoms with E-state index in [0.29, 0.717) is 5.92 Å². The van der Waals surface area contributed by atoms with Gasteiger partial charge in [-0.25, -0.2) is 13.2 Å². The molecule has 0 aromatic carbocycles. The summed E-state index contributed by atoms with van der Waals surface area (Å²) in [4.78, 5) is 7.92. The van der Waals surface area contributed by atoms with Crippen molar-refractivity contribution in [2.75, 3.05) is 0 Å². The van der Waals surface area contributed by atoms with E-state index in [1.54, 1.807) is 0 Å². The summed E-state index contributed by atoms with van der Waals surface area (Å²) < 4.78 is 46.8. The Morgan fingerprint density at radius 2 is 1.88 bits per heavy atom. The van der Waals surface area contributed by atoms with Crippen LogP contribution in [-0.2, 0) is 0 Å². The number of ether oxygens (including phenoxy) is 1. The maximum absolute atomic E-state index is 14.2. The van der Waals surface area contributed by atoms with Gasteiger partial charge in [0.25, 0.3) is 6.43 Å². The molecule has 1 unspecified atom stereocenters. The van der Waals surface area contributed by atoms with Gasteiger partial charge in [0.1, 0.15) is 12.0 Å². The number of nitrogens with zero attached hydrogens (tertiary/aromatic N) is 2. The fraction of sp³-hybridized carbons (Fsp3) is 0.474. The van der Waals surface area contributed by atoms with Crippen molar-refractivity contribution in [3.63, 3.8) is 0 Å². The zero-order chi connectivity index (χ0) is 19.4. The molecule has 2 atom stereocenters. The second kappa shape index (κ2) is 8.49. The number of alkyl halides is 2. The van der Waals surface area contributed by atoms with Crippen LogP contribution >= 0.6 is 0 Å². The number of rotatable bonds is 7. The first-order valence-electron chi connectivity index (χ1n) is 8.52. The molecule has 2 N–H and O–H groups in total. The predicted molar refractivity (Wildman–Crippen MR) is 94.3 cm³/mol. The number of nitrogens with two attached hydrogens (primary N) is 1. The highest BCUT2D eigenvalue weighted by molar-refractivity contribution is 5.62. The van der Waals surface area contributed by atoms with Crippen molar-refractivity contribution in [2.45, 2.75) is 46.8 Å². The van der Waals surface area contributed by atoms with E-state index in [0.717, 1.165) is 12.5 Å². The second-order valence-corrected chi connectivity index (χ2v) is 6.86. The minimum absolute atomic E-state index is 0.0134. The quantitative estimate of drug-likeness (QED) is 0.709. The smallest absolute Gasteiger partial charge is 0.267 e. The maximum Gasteiger partial charge on any atom is 0.267 e. The maximum atomic E-state index is 14.2. The Balaban J connectivity index is 2.33. The van der Waals surface area contributed by atoms with Crippen LogP contribution in [0.5, 0.6) is 5.75 Å². The summed E-state index contributed by atoms with van der Waals surface area (Å²) >= 11 is 0. The van der Waals surface area contributed by atoms with Crippen molar-refractivity contribution in [3.8, 4) is 17.0 Å². The SMILES string of the molecule is Cc1nccc(-c2cc(C(F)F)c(O[C@@H](N)C(C)CC(C)C)cn2)c1F. The summed E-state index contributed by atoms with van der Waals surface area (Å²) in [5, 5.41) is 0. The number of hydrogen-bond donors (Lipinski definition) is 1. The first-order chi connectivity index (χ1) is 12.2. The van der Waals surface area contributed by atoms with E-state index < -0.39 is 18.5 Å². The highest BCUT2D eigenvalue weighted by Crippen LogP contribution is 2.33. The molecule has 0 spiro atoms. The third-order valence-corrected chi connectivity index (χ3v) is 4.14. The van der Waals surface area contributed by atoms with Crippen LogP contribution < -0.4 is 10.5 Å². The van der Waals surface area contributed by atoms with Gasteiger partial charge < -0.3 is 4.74 Å². The molecule has 0 fully saturated rings. The number of aryl methyl sites for hydroxylation is 1. The van der Waals surface area contributed by atoms with Gasteiger partial charge in [0.15, 0.2) is 5.82 Å². The fourth-order valence-corrected chi connectivity index (χ4v) is 2.76. The summed E-state index contributed by atoms with van der Waals surface area (Å²) in [7, 11) is 0. The molecule has 0 radical (unpaired) electrons. The molecule has 0 bridgehead atoms. The van der Waals surface area contributed by atoms with E-state index in [-0.39, 0.29) is 34.2 Å². The lowest BCUT2D eigenvalue weighted by Crippen LogP contribution is -2.35. The molecule has 0 saturated carbocycles. The molecule has 0 aliphatic rings. The zero-order valence-electron chi connectivity index (χ0n) is 15.3. The number of pyridine rings is 2.